The predicted octanol–water partition coefficient (Wildman–Crippen LogP) is 3.39. The first-order chi connectivity index (χ1) is 9.13. The third kappa shape index (κ3) is 3.32. The fourth-order valence-electron chi connectivity index (χ4n) is 2.76. The van der Waals surface area contributed by atoms with Crippen LogP contribution in [0.4, 0.5) is 10.8 Å². The Balaban J connectivity index is 2.10. The van der Waals surface area contributed by atoms with Crippen molar-refractivity contribution in [3.8, 4) is 5.75 Å². The predicted molar refractivity (Wildman–Crippen MR) is 82.1 cm³/mol. The molecule has 4 nitrogen and oxygen atoms in total. The molecule has 1 unspecified atom stereocenters. The molecule has 0 saturated carbocycles. The van der Waals surface area contributed by atoms with E-state index < -0.39 is 0 Å². The normalized spacial score (nSPS) is 20.6. The van der Waals surface area contributed by atoms with Crippen LogP contribution in [-0.4, -0.2) is 24.1 Å². The molecule has 108 valence electrons. The summed E-state index contributed by atoms with van der Waals surface area (Å²) in [4.78, 5) is 2.40. The van der Waals surface area contributed by atoms with Crippen molar-refractivity contribution in [3.05, 3.63) is 0 Å². The number of rotatable bonds is 4. The van der Waals surface area contributed by atoms with E-state index in [-0.39, 0.29) is 0 Å². The number of hydrogen-bond donors (Lipinski definition) is 1. The first kappa shape index (κ1) is 14.4. The average Bonchev–Trinajstić information content (AvgIpc) is 2.63. The summed E-state index contributed by atoms with van der Waals surface area (Å²) in [6.45, 7) is 9.46. The van der Waals surface area contributed by atoms with Crippen molar-refractivity contribution in [3.63, 3.8) is 0 Å². The second kappa shape index (κ2) is 6.46. The Hall–Kier alpha value is -0.970. The van der Waals surface area contributed by atoms with Gasteiger partial charge in [-0.15, -0.1) is 0 Å². The van der Waals surface area contributed by atoms with Gasteiger partial charge in [0.25, 0.3) is 0 Å². The van der Waals surface area contributed by atoms with E-state index in [1.54, 1.807) is 0 Å². The molecule has 1 aromatic heterocycles. The van der Waals surface area contributed by atoms with Gasteiger partial charge in [0.15, 0.2) is 16.6 Å². The van der Waals surface area contributed by atoms with E-state index in [0.29, 0.717) is 12.4 Å². The second-order valence-electron chi connectivity index (χ2n) is 5.56. The summed E-state index contributed by atoms with van der Waals surface area (Å²) in [6, 6.07) is 0. The van der Waals surface area contributed by atoms with Crippen molar-refractivity contribution in [2.45, 2.75) is 40.0 Å². The Labute approximate surface area is 120 Å². The Morgan fingerprint density at radius 1 is 1.42 bits per heavy atom. The highest BCUT2D eigenvalue weighted by Crippen LogP contribution is 2.40. The molecule has 1 saturated heterocycles. The topological polar surface area (TPSA) is 51.4 Å². The van der Waals surface area contributed by atoms with Crippen molar-refractivity contribution in [1.29, 1.82) is 0 Å². The molecule has 0 bridgehead atoms. The van der Waals surface area contributed by atoms with Crippen LogP contribution in [0.15, 0.2) is 0 Å². The highest BCUT2D eigenvalue weighted by atomic mass is 32.1. The van der Waals surface area contributed by atoms with Crippen molar-refractivity contribution < 1.29 is 4.74 Å². The van der Waals surface area contributed by atoms with Crippen LogP contribution in [0, 0.1) is 11.8 Å². The molecule has 1 atom stereocenters. The van der Waals surface area contributed by atoms with Gasteiger partial charge in [0, 0.05) is 13.1 Å². The Kier molecular flexibility index (Phi) is 4.91. The van der Waals surface area contributed by atoms with E-state index in [2.05, 4.69) is 23.1 Å². The smallest absolute Gasteiger partial charge is 0.197 e. The third-order valence-corrected chi connectivity index (χ3v) is 4.85. The summed E-state index contributed by atoms with van der Waals surface area (Å²) >= 11 is 1.47. The van der Waals surface area contributed by atoms with Crippen LogP contribution < -0.4 is 15.4 Å². The lowest BCUT2D eigenvalue weighted by Gasteiger charge is -2.22. The lowest BCUT2D eigenvalue weighted by Crippen LogP contribution is -2.24. The van der Waals surface area contributed by atoms with Crippen LogP contribution in [0.1, 0.15) is 40.0 Å². The van der Waals surface area contributed by atoms with Crippen LogP contribution in [0.25, 0.3) is 0 Å². The van der Waals surface area contributed by atoms with Gasteiger partial charge in [-0.25, -0.2) is 0 Å². The fourth-order valence-corrected chi connectivity index (χ4v) is 3.57. The van der Waals surface area contributed by atoms with Crippen LogP contribution in [-0.2, 0) is 0 Å². The molecule has 0 spiro atoms. The zero-order chi connectivity index (χ0) is 13.8. The number of aromatic nitrogens is 1. The molecular weight excluding hydrogens is 258 g/mol. The molecule has 19 heavy (non-hydrogen) atoms. The molecule has 5 heteroatoms. The van der Waals surface area contributed by atoms with Crippen molar-refractivity contribution >= 4 is 22.4 Å². The highest BCUT2D eigenvalue weighted by Gasteiger charge is 2.24. The number of hydrogen-bond acceptors (Lipinski definition) is 5. The third-order valence-electron chi connectivity index (χ3n) is 3.95. The fraction of sp³-hybridized carbons (Fsp3) is 0.786. The van der Waals surface area contributed by atoms with E-state index in [0.717, 1.165) is 35.7 Å². The van der Waals surface area contributed by atoms with Gasteiger partial charge in [-0.05, 0) is 49.6 Å². The summed E-state index contributed by atoms with van der Waals surface area (Å²) in [6.07, 6.45) is 3.82. The minimum Gasteiger partial charge on any atom is -0.487 e. The van der Waals surface area contributed by atoms with Crippen LogP contribution in [0.5, 0.6) is 5.75 Å². The SMILES string of the molecule is CCOc1c(N)nsc1N1CCCC(C(C)C)CC1. The summed E-state index contributed by atoms with van der Waals surface area (Å²) in [7, 11) is 0. The maximum absolute atomic E-state index is 5.90. The molecule has 2 rings (SSSR count). The van der Waals surface area contributed by atoms with Gasteiger partial charge in [-0.3, -0.25) is 0 Å². The van der Waals surface area contributed by atoms with Gasteiger partial charge in [-0.2, -0.15) is 4.37 Å². The first-order valence-electron chi connectivity index (χ1n) is 7.26. The summed E-state index contributed by atoms with van der Waals surface area (Å²) in [5.74, 6) is 2.94. The molecule has 0 amide bonds. The monoisotopic (exact) mass is 283 g/mol. The summed E-state index contributed by atoms with van der Waals surface area (Å²) < 4.78 is 9.91. The lowest BCUT2D eigenvalue weighted by atomic mass is 9.89. The van der Waals surface area contributed by atoms with Crippen molar-refractivity contribution in [1.82, 2.24) is 4.37 Å². The number of ether oxygens (including phenoxy) is 1. The van der Waals surface area contributed by atoms with E-state index in [1.165, 1.54) is 30.8 Å². The lowest BCUT2D eigenvalue weighted by molar-refractivity contribution is 0.342. The molecule has 0 radical (unpaired) electrons. The van der Waals surface area contributed by atoms with Crippen LogP contribution in [0.2, 0.25) is 0 Å². The maximum atomic E-state index is 5.90. The van der Waals surface area contributed by atoms with Gasteiger partial charge < -0.3 is 15.4 Å². The van der Waals surface area contributed by atoms with Gasteiger partial charge in [-0.1, -0.05) is 13.8 Å². The van der Waals surface area contributed by atoms with Crippen molar-refractivity contribution in [2.24, 2.45) is 11.8 Å². The molecule has 0 aromatic carbocycles. The second-order valence-corrected chi connectivity index (χ2v) is 6.31. The summed E-state index contributed by atoms with van der Waals surface area (Å²) in [5.41, 5.74) is 5.90. The number of nitrogen functional groups attached to an aromatic ring is 1. The molecule has 1 aliphatic rings. The molecular formula is C14H25N3OS. The zero-order valence-electron chi connectivity index (χ0n) is 12.2. The minimum absolute atomic E-state index is 0.534. The van der Waals surface area contributed by atoms with E-state index in [1.807, 2.05) is 6.92 Å². The van der Waals surface area contributed by atoms with Gasteiger partial charge in [0.2, 0.25) is 0 Å². The van der Waals surface area contributed by atoms with Crippen molar-refractivity contribution in [2.75, 3.05) is 30.3 Å². The van der Waals surface area contributed by atoms with E-state index in [4.69, 9.17) is 10.5 Å². The highest BCUT2D eigenvalue weighted by molar-refractivity contribution is 7.11. The molecule has 0 aliphatic carbocycles. The van der Waals surface area contributed by atoms with Gasteiger partial charge in [0.05, 0.1) is 6.61 Å². The molecule has 2 heterocycles. The van der Waals surface area contributed by atoms with Crippen LogP contribution in [0.3, 0.4) is 0 Å². The first-order valence-corrected chi connectivity index (χ1v) is 8.03. The largest absolute Gasteiger partial charge is 0.487 e. The van der Waals surface area contributed by atoms with Crippen LogP contribution >= 0.6 is 11.5 Å². The van der Waals surface area contributed by atoms with E-state index >= 15 is 0 Å². The average molecular weight is 283 g/mol. The standard InChI is InChI=1S/C14H25N3OS/c1-4-18-12-13(15)16-19-14(12)17-8-5-6-11(7-9-17)10(2)3/h10-11H,4-9H2,1-3H3,(H2,15,16). The maximum Gasteiger partial charge on any atom is 0.197 e. The zero-order valence-corrected chi connectivity index (χ0v) is 13.0. The van der Waals surface area contributed by atoms with E-state index in [9.17, 15) is 0 Å². The Bertz CT molecular complexity index is 405. The molecule has 1 aliphatic heterocycles. The Morgan fingerprint density at radius 2 is 2.21 bits per heavy atom. The number of nitrogens with two attached hydrogens (primary N) is 1. The number of nitrogens with zero attached hydrogens (tertiary/aromatic N) is 2. The quantitative estimate of drug-likeness (QED) is 0.920. The van der Waals surface area contributed by atoms with Gasteiger partial charge in [0.1, 0.15) is 0 Å². The molecule has 2 N–H and O–H groups in total. The Morgan fingerprint density at radius 3 is 2.89 bits per heavy atom. The summed E-state index contributed by atoms with van der Waals surface area (Å²) in [5, 5.41) is 1.11. The number of anilines is 2. The molecule has 1 aromatic rings. The molecule has 1 fully saturated rings. The minimum atomic E-state index is 0.534. The van der Waals surface area contributed by atoms with Gasteiger partial charge >= 0.3 is 0 Å².